The molecular formula is C12H16N4O. The van der Waals surface area contributed by atoms with Crippen molar-refractivity contribution < 1.29 is 4.63 Å². The van der Waals surface area contributed by atoms with Crippen molar-refractivity contribution in [2.45, 2.75) is 13.5 Å². The lowest BCUT2D eigenvalue weighted by Gasteiger charge is -2.13. The molecule has 1 N–H and O–H groups in total. The molecule has 90 valence electrons. The zero-order valence-electron chi connectivity index (χ0n) is 10.3. The Morgan fingerprint density at radius 1 is 1.18 bits per heavy atom. The number of anilines is 2. The lowest BCUT2D eigenvalue weighted by molar-refractivity contribution is 0.301. The molecule has 0 unspecified atom stereocenters. The van der Waals surface area contributed by atoms with Gasteiger partial charge in [0.15, 0.2) is 0 Å². The Hall–Kier alpha value is -2.04. The van der Waals surface area contributed by atoms with E-state index < -0.39 is 0 Å². The van der Waals surface area contributed by atoms with Gasteiger partial charge in [0, 0.05) is 25.5 Å². The number of hydrogen-bond acceptors (Lipinski definition) is 5. The summed E-state index contributed by atoms with van der Waals surface area (Å²) in [5, 5.41) is 10.8. The minimum atomic E-state index is 0.622. The molecule has 0 aliphatic rings. The molecule has 0 saturated carbocycles. The van der Waals surface area contributed by atoms with E-state index in [0.717, 1.165) is 17.1 Å². The molecule has 1 aromatic heterocycles. The van der Waals surface area contributed by atoms with Crippen LogP contribution in [0.4, 0.5) is 11.4 Å². The van der Waals surface area contributed by atoms with E-state index in [0.29, 0.717) is 6.54 Å². The Balaban J connectivity index is 1.98. The van der Waals surface area contributed by atoms with Gasteiger partial charge in [-0.2, -0.15) is 0 Å². The van der Waals surface area contributed by atoms with Gasteiger partial charge >= 0.3 is 0 Å². The number of nitrogens with one attached hydrogen (secondary N) is 1. The standard InChI is InChI=1S/C12H16N4O/c1-9-12(15-17-14-9)8-13-10-4-6-11(7-5-10)16(2)3/h4-7,13H,8H2,1-3H3. The normalized spacial score (nSPS) is 10.3. The predicted octanol–water partition coefficient (Wildman–Crippen LogP) is 2.06. The summed E-state index contributed by atoms with van der Waals surface area (Å²) >= 11 is 0. The summed E-state index contributed by atoms with van der Waals surface area (Å²) in [6.45, 7) is 2.50. The number of nitrogens with zero attached hydrogens (tertiary/aromatic N) is 3. The predicted molar refractivity (Wildman–Crippen MR) is 67.1 cm³/mol. The number of aromatic nitrogens is 2. The fourth-order valence-corrected chi connectivity index (χ4v) is 1.47. The van der Waals surface area contributed by atoms with E-state index >= 15 is 0 Å². The molecule has 1 aromatic carbocycles. The van der Waals surface area contributed by atoms with Crippen LogP contribution in [0.15, 0.2) is 28.9 Å². The number of aryl methyl sites for hydroxylation is 1. The van der Waals surface area contributed by atoms with Crippen molar-refractivity contribution >= 4 is 11.4 Å². The van der Waals surface area contributed by atoms with E-state index in [-0.39, 0.29) is 0 Å². The van der Waals surface area contributed by atoms with Crippen LogP contribution in [0, 0.1) is 6.92 Å². The van der Waals surface area contributed by atoms with Gasteiger partial charge in [-0.3, -0.25) is 0 Å². The smallest absolute Gasteiger partial charge is 0.127 e. The Bertz CT molecular complexity index is 476. The highest BCUT2D eigenvalue weighted by molar-refractivity contribution is 5.54. The van der Waals surface area contributed by atoms with Crippen molar-refractivity contribution in [2.24, 2.45) is 0 Å². The summed E-state index contributed by atoms with van der Waals surface area (Å²) in [6.07, 6.45) is 0. The Kier molecular flexibility index (Phi) is 3.27. The van der Waals surface area contributed by atoms with E-state index in [1.807, 2.05) is 33.2 Å². The molecule has 2 rings (SSSR count). The summed E-state index contributed by atoms with van der Waals surface area (Å²) in [7, 11) is 4.04. The van der Waals surface area contributed by atoms with Crippen LogP contribution in [-0.2, 0) is 6.54 Å². The van der Waals surface area contributed by atoms with E-state index in [2.05, 4.69) is 37.3 Å². The first kappa shape index (κ1) is 11.4. The highest BCUT2D eigenvalue weighted by Gasteiger charge is 2.04. The lowest BCUT2D eigenvalue weighted by atomic mass is 10.2. The average molecular weight is 232 g/mol. The third kappa shape index (κ3) is 2.75. The summed E-state index contributed by atoms with van der Waals surface area (Å²) in [6, 6.07) is 8.21. The molecule has 5 nitrogen and oxygen atoms in total. The second-order valence-electron chi connectivity index (χ2n) is 4.09. The van der Waals surface area contributed by atoms with Crippen LogP contribution < -0.4 is 10.2 Å². The molecule has 0 aliphatic carbocycles. The van der Waals surface area contributed by atoms with Crippen molar-refractivity contribution in [1.82, 2.24) is 10.3 Å². The maximum absolute atomic E-state index is 4.64. The maximum Gasteiger partial charge on any atom is 0.127 e. The number of rotatable bonds is 4. The zero-order chi connectivity index (χ0) is 12.3. The first-order chi connectivity index (χ1) is 8.16. The van der Waals surface area contributed by atoms with Crippen molar-refractivity contribution in [1.29, 1.82) is 0 Å². The third-order valence-electron chi connectivity index (χ3n) is 2.59. The molecule has 0 atom stereocenters. The Labute approximate surface area is 100 Å². The van der Waals surface area contributed by atoms with Crippen LogP contribution in [0.2, 0.25) is 0 Å². The summed E-state index contributed by atoms with van der Waals surface area (Å²) in [4.78, 5) is 2.06. The molecule has 1 heterocycles. The van der Waals surface area contributed by atoms with Gasteiger partial charge in [0.25, 0.3) is 0 Å². The monoisotopic (exact) mass is 232 g/mol. The zero-order valence-corrected chi connectivity index (χ0v) is 10.3. The topological polar surface area (TPSA) is 54.2 Å². The number of hydrogen-bond donors (Lipinski definition) is 1. The summed E-state index contributed by atoms with van der Waals surface area (Å²) in [5.41, 5.74) is 3.89. The second kappa shape index (κ2) is 4.86. The van der Waals surface area contributed by atoms with Gasteiger partial charge in [-0.1, -0.05) is 10.3 Å². The molecule has 0 bridgehead atoms. The molecule has 0 amide bonds. The molecule has 17 heavy (non-hydrogen) atoms. The van der Waals surface area contributed by atoms with E-state index in [9.17, 15) is 0 Å². The first-order valence-corrected chi connectivity index (χ1v) is 5.46. The van der Waals surface area contributed by atoms with Crippen molar-refractivity contribution in [3.63, 3.8) is 0 Å². The van der Waals surface area contributed by atoms with Gasteiger partial charge < -0.3 is 10.2 Å². The molecule has 0 fully saturated rings. The molecule has 2 aromatic rings. The minimum absolute atomic E-state index is 0.622. The van der Waals surface area contributed by atoms with Gasteiger partial charge in [-0.05, 0) is 31.2 Å². The summed E-state index contributed by atoms with van der Waals surface area (Å²) in [5.74, 6) is 0. The van der Waals surface area contributed by atoms with Crippen LogP contribution in [0.1, 0.15) is 11.4 Å². The lowest BCUT2D eigenvalue weighted by Crippen LogP contribution is -2.08. The highest BCUT2D eigenvalue weighted by Crippen LogP contribution is 2.16. The Morgan fingerprint density at radius 3 is 2.41 bits per heavy atom. The maximum atomic E-state index is 4.64. The fourth-order valence-electron chi connectivity index (χ4n) is 1.47. The van der Waals surface area contributed by atoms with Gasteiger partial charge in [0.1, 0.15) is 11.4 Å². The van der Waals surface area contributed by atoms with Gasteiger partial charge in [0.05, 0.1) is 6.54 Å². The highest BCUT2D eigenvalue weighted by atomic mass is 16.6. The van der Waals surface area contributed by atoms with E-state index in [4.69, 9.17) is 0 Å². The van der Waals surface area contributed by atoms with Crippen molar-refractivity contribution in [2.75, 3.05) is 24.3 Å². The van der Waals surface area contributed by atoms with Crippen molar-refractivity contribution in [3.05, 3.63) is 35.7 Å². The van der Waals surface area contributed by atoms with Gasteiger partial charge in [0.2, 0.25) is 0 Å². The second-order valence-corrected chi connectivity index (χ2v) is 4.09. The van der Waals surface area contributed by atoms with E-state index in [1.165, 1.54) is 5.69 Å². The molecule has 0 saturated heterocycles. The van der Waals surface area contributed by atoms with Gasteiger partial charge in [-0.15, -0.1) is 0 Å². The third-order valence-corrected chi connectivity index (χ3v) is 2.59. The van der Waals surface area contributed by atoms with Gasteiger partial charge in [-0.25, -0.2) is 4.63 Å². The van der Waals surface area contributed by atoms with Crippen molar-refractivity contribution in [3.8, 4) is 0 Å². The van der Waals surface area contributed by atoms with Crippen LogP contribution in [0.25, 0.3) is 0 Å². The fraction of sp³-hybridized carbons (Fsp3) is 0.333. The molecule has 0 spiro atoms. The van der Waals surface area contributed by atoms with Crippen LogP contribution in [0.3, 0.4) is 0 Å². The SMILES string of the molecule is Cc1nonc1CNc1ccc(N(C)C)cc1. The molecular weight excluding hydrogens is 216 g/mol. The van der Waals surface area contributed by atoms with Crippen LogP contribution >= 0.6 is 0 Å². The average Bonchev–Trinajstić information content (AvgIpc) is 2.73. The molecule has 5 heteroatoms. The minimum Gasteiger partial charge on any atom is -0.379 e. The quantitative estimate of drug-likeness (QED) is 0.874. The molecule has 0 aliphatic heterocycles. The van der Waals surface area contributed by atoms with E-state index in [1.54, 1.807) is 0 Å². The molecule has 0 radical (unpaired) electrons. The van der Waals surface area contributed by atoms with Crippen LogP contribution in [0.5, 0.6) is 0 Å². The first-order valence-electron chi connectivity index (χ1n) is 5.46. The largest absolute Gasteiger partial charge is 0.379 e. The number of benzene rings is 1. The van der Waals surface area contributed by atoms with Crippen LogP contribution in [-0.4, -0.2) is 24.4 Å². The summed E-state index contributed by atoms with van der Waals surface area (Å²) < 4.78 is 4.64. The Morgan fingerprint density at radius 2 is 1.88 bits per heavy atom.